The molecule has 3 rings (SSSR count). The van der Waals surface area contributed by atoms with Crippen LogP contribution in [0.15, 0.2) is 9.32 Å². The van der Waals surface area contributed by atoms with Crippen molar-refractivity contribution in [2.45, 2.75) is 58.9 Å². The number of nitrogens with zero attached hydrogens (tertiary/aromatic N) is 4. The minimum atomic E-state index is -0.269. The van der Waals surface area contributed by atoms with Gasteiger partial charge in [-0.15, -0.1) is 0 Å². The normalized spacial score (nSPS) is 15.3. The Morgan fingerprint density at radius 2 is 1.93 bits per heavy atom. The predicted molar refractivity (Wildman–Crippen MR) is 103 cm³/mol. The summed E-state index contributed by atoms with van der Waals surface area (Å²) in [7, 11) is 0. The molecule has 1 saturated heterocycles. The van der Waals surface area contributed by atoms with Crippen LogP contribution in [-0.2, 0) is 11.3 Å². The van der Waals surface area contributed by atoms with E-state index in [0.29, 0.717) is 48.3 Å². The van der Waals surface area contributed by atoms with Crippen molar-refractivity contribution in [3.63, 3.8) is 0 Å². The largest absolute Gasteiger partial charge is 0.360 e. The zero-order chi connectivity index (χ0) is 19.2. The standard InChI is InChI=1S/C19H29N5O3/c1-14-17-15(2)27-22-18(17)19(26)24(21-14)13-6-8-16(25)20-9-7-12-23-10-4-3-5-11-23/h3-13H2,1-2H3,(H,20,25). The molecule has 1 N–H and O–H groups in total. The molecule has 1 aliphatic rings. The molecule has 1 amide bonds. The monoisotopic (exact) mass is 375 g/mol. The molecule has 0 aliphatic carbocycles. The zero-order valence-corrected chi connectivity index (χ0v) is 16.3. The molecule has 1 fully saturated rings. The van der Waals surface area contributed by atoms with Gasteiger partial charge in [0.25, 0.3) is 5.56 Å². The van der Waals surface area contributed by atoms with E-state index in [1.54, 1.807) is 6.92 Å². The Balaban J connectivity index is 1.40. The van der Waals surface area contributed by atoms with Gasteiger partial charge in [0.1, 0.15) is 5.76 Å². The summed E-state index contributed by atoms with van der Waals surface area (Å²) in [5.41, 5.74) is 0.752. The Kier molecular flexibility index (Phi) is 6.60. The van der Waals surface area contributed by atoms with Crippen molar-refractivity contribution in [3.8, 4) is 0 Å². The van der Waals surface area contributed by atoms with Gasteiger partial charge in [0, 0.05) is 19.5 Å². The fourth-order valence-corrected chi connectivity index (χ4v) is 3.69. The maximum atomic E-state index is 12.4. The van der Waals surface area contributed by atoms with Crippen molar-refractivity contribution < 1.29 is 9.32 Å². The van der Waals surface area contributed by atoms with E-state index in [0.717, 1.165) is 13.0 Å². The summed E-state index contributed by atoms with van der Waals surface area (Å²) in [4.78, 5) is 26.9. The molecule has 148 valence electrons. The molecule has 0 atom stereocenters. The summed E-state index contributed by atoms with van der Waals surface area (Å²) >= 11 is 0. The summed E-state index contributed by atoms with van der Waals surface area (Å²) in [5.74, 6) is 0.625. The van der Waals surface area contributed by atoms with Crippen LogP contribution in [0, 0.1) is 13.8 Å². The molecule has 2 aromatic rings. The second-order valence-corrected chi connectivity index (χ2v) is 7.29. The first-order valence-electron chi connectivity index (χ1n) is 9.89. The molecule has 1 aliphatic heterocycles. The second kappa shape index (κ2) is 9.12. The number of nitrogens with one attached hydrogen (secondary N) is 1. The molecule has 8 nitrogen and oxygen atoms in total. The van der Waals surface area contributed by atoms with Gasteiger partial charge in [-0.1, -0.05) is 11.6 Å². The van der Waals surface area contributed by atoms with Crippen LogP contribution in [0.25, 0.3) is 10.9 Å². The highest BCUT2D eigenvalue weighted by Crippen LogP contribution is 2.16. The lowest BCUT2D eigenvalue weighted by molar-refractivity contribution is -0.121. The van der Waals surface area contributed by atoms with Gasteiger partial charge >= 0.3 is 0 Å². The van der Waals surface area contributed by atoms with Gasteiger partial charge < -0.3 is 14.7 Å². The van der Waals surface area contributed by atoms with Crippen molar-refractivity contribution in [2.75, 3.05) is 26.2 Å². The third-order valence-corrected chi connectivity index (χ3v) is 5.13. The third-order valence-electron chi connectivity index (χ3n) is 5.13. The Morgan fingerprint density at radius 1 is 1.15 bits per heavy atom. The molecule has 0 radical (unpaired) electrons. The lowest BCUT2D eigenvalue weighted by Gasteiger charge is -2.26. The van der Waals surface area contributed by atoms with Crippen LogP contribution < -0.4 is 10.9 Å². The van der Waals surface area contributed by atoms with Crippen LogP contribution in [0.1, 0.15) is 50.0 Å². The minimum Gasteiger partial charge on any atom is -0.360 e. The molecular formula is C19H29N5O3. The minimum absolute atomic E-state index is 0.0248. The van der Waals surface area contributed by atoms with Crippen molar-refractivity contribution in [1.29, 1.82) is 0 Å². The van der Waals surface area contributed by atoms with E-state index in [4.69, 9.17) is 4.52 Å². The zero-order valence-electron chi connectivity index (χ0n) is 16.3. The highest BCUT2D eigenvalue weighted by Gasteiger charge is 2.15. The van der Waals surface area contributed by atoms with E-state index < -0.39 is 0 Å². The Hall–Kier alpha value is -2.22. The number of carbonyl (C=O) groups is 1. The fraction of sp³-hybridized carbons (Fsp3) is 0.684. The number of aryl methyl sites for hydroxylation is 3. The lowest BCUT2D eigenvalue weighted by atomic mass is 10.1. The fourth-order valence-electron chi connectivity index (χ4n) is 3.69. The molecule has 8 heteroatoms. The maximum absolute atomic E-state index is 12.4. The van der Waals surface area contributed by atoms with Gasteiger partial charge in [-0.05, 0) is 59.2 Å². The molecular weight excluding hydrogens is 346 g/mol. The topological polar surface area (TPSA) is 93.3 Å². The summed E-state index contributed by atoms with van der Waals surface area (Å²) in [6, 6.07) is 0. The molecule has 27 heavy (non-hydrogen) atoms. The van der Waals surface area contributed by atoms with Crippen molar-refractivity contribution in [1.82, 2.24) is 25.2 Å². The van der Waals surface area contributed by atoms with Crippen LogP contribution in [0.3, 0.4) is 0 Å². The number of carbonyl (C=O) groups excluding carboxylic acids is 1. The van der Waals surface area contributed by atoms with Crippen LogP contribution in [0.2, 0.25) is 0 Å². The Labute approximate surface area is 158 Å². The van der Waals surface area contributed by atoms with Crippen molar-refractivity contribution >= 4 is 16.8 Å². The number of likely N-dealkylation sites (tertiary alicyclic amines) is 1. The molecule has 0 aromatic carbocycles. The Morgan fingerprint density at radius 3 is 2.70 bits per heavy atom. The van der Waals surface area contributed by atoms with Crippen LogP contribution in [0.5, 0.6) is 0 Å². The van der Waals surface area contributed by atoms with Gasteiger partial charge in [0.2, 0.25) is 5.91 Å². The van der Waals surface area contributed by atoms with E-state index in [1.807, 2.05) is 6.92 Å². The summed E-state index contributed by atoms with van der Waals surface area (Å²) in [6.45, 7) is 8.12. The second-order valence-electron chi connectivity index (χ2n) is 7.29. The number of amides is 1. The van der Waals surface area contributed by atoms with E-state index in [1.165, 1.54) is 37.0 Å². The van der Waals surface area contributed by atoms with Gasteiger partial charge in [0.15, 0.2) is 5.52 Å². The highest BCUT2D eigenvalue weighted by molar-refractivity contribution is 5.81. The SMILES string of the molecule is Cc1nn(CCCC(=O)NCCCN2CCCCC2)c(=O)c2noc(C)c12. The first-order chi connectivity index (χ1) is 13.1. The first-order valence-corrected chi connectivity index (χ1v) is 9.89. The van der Waals surface area contributed by atoms with Gasteiger partial charge in [-0.2, -0.15) is 5.10 Å². The van der Waals surface area contributed by atoms with E-state index >= 15 is 0 Å². The first kappa shape index (κ1) is 19.5. The van der Waals surface area contributed by atoms with Crippen LogP contribution in [-0.4, -0.2) is 51.9 Å². The van der Waals surface area contributed by atoms with Crippen molar-refractivity contribution in [3.05, 3.63) is 21.8 Å². The predicted octanol–water partition coefficient (Wildman–Crippen LogP) is 1.77. The number of hydrogen-bond donors (Lipinski definition) is 1. The number of fused-ring (bicyclic) bond motifs is 1. The van der Waals surface area contributed by atoms with Crippen LogP contribution in [0.4, 0.5) is 0 Å². The van der Waals surface area contributed by atoms with Crippen LogP contribution >= 0.6 is 0 Å². The maximum Gasteiger partial charge on any atom is 0.296 e. The molecule has 2 aromatic heterocycles. The quantitative estimate of drug-likeness (QED) is 0.707. The van der Waals surface area contributed by atoms with Crippen molar-refractivity contribution in [2.24, 2.45) is 0 Å². The van der Waals surface area contributed by atoms with E-state index in [-0.39, 0.29) is 11.5 Å². The van der Waals surface area contributed by atoms with E-state index in [2.05, 4.69) is 20.5 Å². The molecule has 0 spiro atoms. The Bertz CT molecular complexity index is 836. The number of rotatable bonds is 8. The van der Waals surface area contributed by atoms with Gasteiger partial charge in [0.05, 0.1) is 11.1 Å². The lowest BCUT2D eigenvalue weighted by Crippen LogP contribution is -2.33. The molecule has 0 bridgehead atoms. The summed E-state index contributed by atoms with van der Waals surface area (Å²) < 4.78 is 6.48. The molecule has 0 unspecified atom stereocenters. The number of hydrogen-bond acceptors (Lipinski definition) is 6. The van der Waals surface area contributed by atoms with E-state index in [9.17, 15) is 9.59 Å². The number of piperidine rings is 1. The molecule has 0 saturated carbocycles. The average Bonchev–Trinajstić information content (AvgIpc) is 3.06. The molecule has 3 heterocycles. The average molecular weight is 375 g/mol. The number of aromatic nitrogens is 3. The third kappa shape index (κ3) is 4.94. The summed E-state index contributed by atoms with van der Waals surface area (Å²) in [5, 5.41) is 11.8. The summed E-state index contributed by atoms with van der Waals surface area (Å²) in [6.07, 6.45) is 5.85. The highest BCUT2D eigenvalue weighted by atomic mass is 16.5. The van der Waals surface area contributed by atoms with Gasteiger partial charge in [-0.25, -0.2) is 4.68 Å². The van der Waals surface area contributed by atoms with Gasteiger partial charge in [-0.3, -0.25) is 9.59 Å². The smallest absolute Gasteiger partial charge is 0.296 e.